The van der Waals surface area contributed by atoms with Crippen molar-refractivity contribution in [2.75, 3.05) is 11.9 Å². The predicted octanol–water partition coefficient (Wildman–Crippen LogP) is 4.82. The lowest BCUT2D eigenvalue weighted by Gasteiger charge is -2.24. The highest BCUT2D eigenvalue weighted by atomic mass is 16.5. The first kappa shape index (κ1) is 17.3. The van der Waals surface area contributed by atoms with Gasteiger partial charge in [-0.2, -0.15) is 10.1 Å². The van der Waals surface area contributed by atoms with E-state index in [-0.39, 0.29) is 6.04 Å². The van der Waals surface area contributed by atoms with E-state index in [4.69, 9.17) is 4.74 Å². The van der Waals surface area contributed by atoms with Crippen LogP contribution in [-0.2, 0) is 0 Å². The number of allylic oxidation sites excluding steroid dienone is 1. The predicted molar refractivity (Wildman–Crippen MR) is 108 cm³/mol. The van der Waals surface area contributed by atoms with E-state index >= 15 is 0 Å². The van der Waals surface area contributed by atoms with Gasteiger partial charge in [0.2, 0.25) is 5.95 Å². The summed E-state index contributed by atoms with van der Waals surface area (Å²) in [6, 6.07) is 16.8. The van der Waals surface area contributed by atoms with Gasteiger partial charge in [-0.25, -0.2) is 4.68 Å². The number of nitrogens with one attached hydrogen (secondary N) is 1. The van der Waals surface area contributed by atoms with Crippen LogP contribution in [0.4, 0.5) is 5.95 Å². The van der Waals surface area contributed by atoms with E-state index < -0.39 is 0 Å². The van der Waals surface area contributed by atoms with Gasteiger partial charge in [0.25, 0.3) is 0 Å². The van der Waals surface area contributed by atoms with Gasteiger partial charge in [0.05, 0.1) is 6.61 Å². The second-order valence-corrected chi connectivity index (χ2v) is 6.82. The number of aryl methyl sites for hydroxylation is 1. The molecule has 0 saturated heterocycles. The van der Waals surface area contributed by atoms with Crippen molar-refractivity contribution in [3.8, 4) is 5.75 Å². The molecule has 1 aliphatic heterocycles. The Hall–Kier alpha value is -3.08. The normalized spacial score (nSPS) is 15.6. The van der Waals surface area contributed by atoms with Crippen molar-refractivity contribution in [3.63, 3.8) is 0 Å². The number of unbranched alkanes of at least 4 members (excludes halogenated alkanes) is 1. The van der Waals surface area contributed by atoms with Gasteiger partial charge in [0.15, 0.2) is 0 Å². The Balaban J connectivity index is 1.63. The molecule has 2 aromatic carbocycles. The smallest absolute Gasteiger partial charge is 0.226 e. The third-order valence-electron chi connectivity index (χ3n) is 4.76. The van der Waals surface area contributed by atoms with Crippen molar-refractivity contribution in [3.05, 3.63) is 77.6 Å². The molecule has 1 N–H and O–H groups in total. The minimum atomic E-state index is -0.00950. The fourth-order valence-corrected chi connectivity index (χ4v) is 3.17. The average molecular weight is 360 g/mol. The Kier molecular flexibility index (Phi) is 4.92. The van der Waals surface area contributed by atoms with Gasteiger partial charge in [0, 0.05) is 5.70 Å². The standard InChI is InChI=1S/C22H24N4O/c1-3-4-13-27-19-11-9-18(10-12-19)21-14-20(17-7-5-16(2)6-8-17)25-22-23-15-24-26(21)22/h5-12,14-15,21H,3-4,13H2,1-2H3,(H,23,24,25). The van der Waals surface area contributed by atoms with Crippen LogP contribution in [0.2, 0.25) is 0 Å². The van der Waals surface area contributed by atoms with E-state index in [2.05, 4.69) is 71.7 Å². The second kappa shape index (κ2) is 7.66. The van der Waals surface area contributed by atoms with Crippen LogP contribution < -0.4 is 10.1 Å². The summed E-state index contributed by atoms with van der Waals surface area (Å²) in [4.78, 5) is 4.37. The molecule has 0 amide bonds. The fraction of sp³-hybridized carbons (Fsp3) is 0.273. The minimum Gasteiger partial charge on any atom is -0.494 e. The number of benzene rings is 2. The zero-order valence-electron chi connectivity index (χ0n) is 15.7. The first-order valence-corrected chi connectivity index (χ1v) is 9.43. The van der Waals surface area contributed by atoms with Crippen LogP contribution in [0.5, 0.6) is 5.75 Å². The van der Waals surface area contributed by atoms with Gasteiger partial charge in [-0.05, 0) is 42.7 Å². The maximum atomic E-state index is 5.78. The third kappa shape index (κ3) is 3.72. The number of fused-ring (bicyclic) bond motifs is 1. The highest BCUT2D eigenvalue weighted by Crippen LogP contribution is 2.32. The van der Waals surface area contributed by atoms with E-state index in [1.54, 1.807) is 6.33 Å². The van der Waals surface area contributed by atoms with Gasteiger partial charge in [-0.15, -0.1) is 0 Å². The van der Waals surface area contributed by atoms with E-state index in [0.29, 0.717) is 0 Å². The van der Waals surface area contributed by atoms with Gasteiger partial charge in [-0.1, -0.05) is 55.3 Å². The van der Waals surface area contributed by atoms with Crippen molar-refractivity contribution in [1.29, 1.82) is 0 Å². The molecular formula is C22H24N4O. The molecule has 5 heteroatoms. The molecule has 1 aromatic heterocycles. The van der Waals surface area contributed by atoms with Crippen molar-refractivity contribution in [1.82, 2.24) is 14.8 Å². The lowest BCUT2D eigenvalue weighted by atomic mass is 10.0. The lowest BCUT2D eigenvalue weighted by molar-refractivity contribution is 0.309. The van der Waals surface area contributed by atoms with Crippen molar-refractivity contribution in [2.24, 2.45) is 0 Å². The Morgan fingerprint density at radius 3 is 2.59 bits per heavy atom. The van der Waals surface area contributed by atoms with E-state index in [1.807, 2.05) is 16.8 Å². The highest BCUT2D eigenvalue weighted by molar-refractivity contribution is 5.77. The average Bonchev–Trinajstić information content (AvgIpc) is 3.17. The molecule has 4 rings (SSSR count). The molecule has 0 saturated carbocycles. The van der Waals surface area contributed by atoms with E-state index in [1.165, 1.54) is 5.56 Å². The zero-order valence-corrected chi connectivity index (χ0v) is 15.7. The van der Waals surface area contributed by atoms with Crippen molar-refractivity contribution < 1.29 is 4.74 Å². The second-order valence-electron chi connectivity index (χ2n) is 6.82. The molecule has 1 unspecified atom stereocenters. The summed E-state index contributed by atoms with van der Waals surface area (Å²) in [5, 5.41) is 7.79. The van der Waals surface area contributed by atoms with Crippen LogP contribution in [0.1, 0.15) is 42.5 Å². The van der Waals surface area contributed by atoms with Crippen LogP contribution >= 0.6 is 0 Å². The molecule has 1 atom stereocenters. The fourth-order valence-electron chi connectivity index (χ4n) is 3.17. The Morgan fingerprint density at radius 1 is 1.07 bits per heavy atom. The summed E-state index contributed by atoms with van der Waals surface area (Å²) in [6.45, 7) is 5.02. The zero-order chi connectivity index (χ0) is 18.6. The van der Waals surface area contributed by atoms with Gasteiger partial charge in [-0.3, -0.25) is 0 Å². The van der Waals surface area contributed by atoms with Crippen LogP contribution in [0.3, 0.4) is 0 Å². The number of rotatable bonds is 6. The summed E-state index contributed by atoms with van der Waals surface area (Å²) in [7, 11) is 0. The number of nitrogens with zero attached hydrogens (tertiary/aromatic N) is 3. The maximum absolute atomic E-state index is 5.78. The number of anilines is 1. The SMILES string of the molecule is CCCCOc1ccc(C2C=C(c3ccc(C)cc3)Nc3ncnn32)cc1. The van der Waals surface area contributed by atoms with E-state index in [0.717, 1.165) is 48.0 Å². The molecule has 0 spiro atoms. The molecule has 0 bridgehead atoms. The molecule has 27 heavy (non-hydrogen) atoms. The lowest BCUT2D eigenvalue weighted by Crippen LogP contribution is -2.20. The molecule has 3 aromatic rings. The van der Waals surface area contributed by atoms with Crippen molar-refractivity contribution in [2.45, 2.75) is 32.7 Å². The molecule has 1 aliphatic rings. The number of hydrogen-bond acceptors (Lipinski definition) is 4. The Morgan fingerprint density at radius 2 is 1.85 bits per heavy atom. The van der Waals surface area contributed by atoms with Gasteiger partial charge in [0.1, 0.15) is 18.1 Å². The third-order valence-corrected chi connectivity index (χ3v) is 4.76. The van der Waals surface area contributed by atoms with E-state index in [9.17, 15) is 0 Å². The van der Waals surface area contributed by atoms with Crippen LogP contribution in [0, 0.1) is 6.92 Å². The molecule has 2 heterocycles. The van der Waals surface area contributed by atoms with Crippen molar-refractivity contribution >= 4 is 11.6 Å². The van der Waals surface area contributed by atoms with Crippen LogP contribution in [0.15, 0.2) is 60.9 Å². The molecule has 5 nitrogen and oxygen atoms in total. The molecule has 0 aliphatic carbocycles. The van der Waals surface area contributed by atoms with Crippen LogP contribution in [-0.4, -0.2) is 21.4 Å². The molecule has 0 radical (unpaired) electrons. The number of aromatic nitrogens is 3. The van der Waals surface area contributed by atoms with Gasteiger partial charge < -0.3 is 10.1 Å². The highest BCUT2D eigenvalue weighted by Gasteiger charge is 2.23. The summed E-state index contributed by atoms with van der Waals surface area (Å²) < 4.78 is 7.69. The quantitative estimate of drug-likeness (QED) is 0.640. The summed E-state index contributed by atoms with van der Waals surface area (Å²) in [6.07, 6.45) is 5.98. The summed E-state index contributed by atoms with van der Waals surface area (Å²) >= 11 is 0. The molecular weight excluding hydrogens is 336 g/mol. The number of hydrogen-bond donors (Lipinski definition) is 1. The Labute approximate surface area is 159 Å². The minimum absolute atomic E-state index is 0.00950. The molecule has 0 fully saturated rings. The number of ether oxygens (including phenoxy) is 1. The monoisotopic (exact) mass is 360 g/mol. The maximum Gasteiger partial charge on any atom is 0.226 e. The first-order valence-electron chi connectivity index (χ1n) is 9.43. The molecule has 138 valence electrons. The first-order chi connectivity index (χ1) is 13.2. The summed E-state index contributed by atoms with van der Waals surface area (Å²) in [5.41, 5.74) is 4.58. The Bertz CT molecular complexity index is 926. The summed E-state index contributed by atoms with van der Waals surface area (Å²) in [5.74, 6) is 1.66. The topological polar surface area (TPSA) is 52.0 Å². The van der Waals surface area contributed by atoms with Gasteiger partial charge >= 0.3 is 0 Å². The largest absolute Gasteiger partial charge is 0.494 e. The van der Waals surface area contributed by atoms with Crippen LogP contribution in [0.25, 0.3) is 5.70 Å².